The summed E-state index contributed by atoms with van der Waals surface area (Å²) < 4.78 is 3.81. The first-order valence-electron chi connectivity index (χ1n) is 8.23. The highest BCUT2D eigenvalue weighted by Crippen LogP contribution is 2.17. The Kier molecular flexibility index (Phi) is 4.64. The number of benzene rings is 1. The molecule has 0 atom stereocenters. The van der Waals surface area contributed by atoms with Gasteiger partial charge >= 0.3 is 0 Å². The van der Waals surface area contributed by atoms with Crippen molar-refractivity contribution in [1.82, 2.24) is 24.9 Å². The zero-order valence-electron chi connectivity index (χ0n) is 14.4. The van der Waals surface area contributed by atoms with Gasteiger partial charge in [-0.05, 0) is 38.5 Å². The minimum absolute atomic E-state index is 0.0350. The molecular formula is C18H23N5O. The van der Waals surface area contributed by atoms with E-state index in [-0.39, 0.29) is 5.91 Å². The first kappa shape index (κ1) is 16.2. The number of fused-ring (bicyclic) bond motifs is 1. The summed E-state index contributed by atoms with van der Waals surface area (Å²) >= 11 is 0. The Morgan fingerprint density at radius 1 is 1.17 bits per heavy atom. The van der Waals surface area contributed by atoms with Crippen LogP contribution in [0.15, 0.2) is 30.5 Å². The summed E-state index contributed by atoms with van der Waals surface area (Å²) in [6.45, 7) is 7.92. The minimum atomic E-state index is 0.0350. The van der Waals surface area contributed by atoms with Crippen molar-refractivity contribution >= 4 is 16.8 Å². The van der Waals surface area contributed by atoms with E-state index in [1.807, 2.05) is 47.6 Å². The lowest BCUT2D eigenvalue weighted by atomic mass is 10.1. The Labute approximate surface area is 141 Å². The van der Waals surface area contributed by atoms with Crippen LogP contribution in [0.2, 0.25) is 0 Å². The number of nitrogens with one attached hydrogen (secondary N) is 1. The van der Waals surface area contributed by atoms with Gasteiger partial charge in [0.25, 0.3) is 0 Å². The van der Waals surface area contributed by atoms with Crippen LogP contribution in [0, 0.1) is 20.8 Å². The van der Waals surface area contributed by atoms with Crippen LogP contribution in [-0.4, -0.2) is 32.0 Å². The second-order valence-electron chi connectivity index (χ2n) is 6.13. The van der Waals surface area contributed by atoms with Crippen LogP contribution in [0.5, 0.6) is 0 Å². The number of rotatable bonds is 6. The van der Waals surface area contributed by atoms with E-state index in [1.54, 1.807) is 0 Å². The van der Waals surface area contributed by atoms with Gasteiger partial charge in [0.1, 0.15) is 0 Å². The Balaban J connectivity index is 1.50. The Morgan fingerprint density at radius 2 is 2.00 bits per heavy atom. The van der Waals surface area contributed by atoms with Crippen LogP contribution in [0.3, 0.4) is 0 Å². The summed E-state index contributed by atoms with van der Waals surface area (Å²) in [6.07, 6.45) is 2.28. The average molecular weight is 325 g/mol. The highest BCUT2D eigenvalue weighted by Gasteiger charge is 2.07. The predicted molar refractivity (Wildman–Crippen MR) is 93.8 cm³/mol. The van der Waals surface area contributed by atoms with Gasteiger partial charge in [-0.25, -0.2) is 0 Å². The van der Waals surface area contributed by atoms with Gasteiger partial charge in [0.2, 0.25) is 5.91 Å². The molecular weight excluding hydrogens is 302 g/mol. The molecule has 2 aromatic heterocycles. The summed E-state index contributed by atoms with van der Waals surface area (Å²) in [7, 11) is 0. The molecule has 3 aromatic rings. The van der Waals surface area contributed by atoms with E-state index in [0.29, 0.717) is 26.1 Å². The summed E-state index contributed by atoms with van der Waals surface area (Å²) in [4.78, 5) is 12.0. The standard InChI is InChI=1S/C18H23N5O/c1-13-5-4-6-17-16(13)12-20-23(17)9-7-18(24)19-8-10-22-15(3)11-14(2)21-22/h4-6,11-12H,7-10H2,1-3H3,(H,19,24). The van der Waals surface area contributed by atoms with Crippen LogP contribution >= 0.6 is 0 Å². The smallest absolute Gasteiger partial charge is 0.221 e. The molecule has 0 radical (unpaired) electrons. The van der Waals surface area contributed by atoms with E-state index in [0.717, 1.165) is 22.3 Å². The van der Waals surface area contributed by atoms with Crippen LogP contribution in [-0.2, 0) is 17.9 Å². The van der Waals surface area contributed by atoms with Gasteiger partial charge in [0.05, 0.1) is 30.5 Å². The second kappa shape index (κ2) is 6.86. The first-order valence-corrected chi connectivity index (χ1v) is 8.23. The van der Waals surface area contributed by atoms with Crippen LogP contribution in [0.4, 0.5) is 0 Å². The van der Waals surface area contributed by atoms with Gasteiger partial charge in [-0.1, -0.05) is 12.1 Å². The molecule has 0 aliphatic carbocycles. The molecule has 126 valence electrons. The molecule has 3 rings (SSSR count). The number of hydrogen-bond acceptors (Lipinski definition) is 3. The highest BCUT2D eigenvalue weighted by atomic mass is 16.1. The van der Waals surface area contributed by atoms with Gasteiger partial charge in [-0.2, -0.15) is 10.2 Å². The normalized spacial score (nSPS) is 11.1. The van der Waals surface area contributed by atoms with Crippen molar-refractivity contribution in [3.63, 3.8) is 0 Å². The average Bonchev–Trinajstić information content (AvgIpc) is 3.09. The van der Waals surface area contributed by atoms with Gasteiger partial charge in [0.15, 0.2) is 0 Å². The van der Waals surface area contributed by atoms with Gasteiger partial charge in [0, 0.05) is 24.0 Å². The molecule has 1 amide bonds. The predicted octanol–water partition coefficient (Wildman–Crippen LogP) is 2.36. The van der Waals surface area contributed by atoms with Gasteiger partial charge < -0.3 is 5.32 Å². The van der Waals surface area contributed by atoms with Crippen LogP contribution in [0.25, 0.3) is 10.9 Å². The molecule has 6 nitrogen and oxygen atoms in total. The van der Waals surface area contributed by atoms with Crippen molar-refractivity contribution in [2.24, 2.45) is 0 Å². The van der Waals surface area contributed by atoms with Gasteiger partial charge in [-0.3, -0.25) is 14.2 Å². The van der Waals surface area contributed by atoms with E-state index in [9.17, 15) is 4.79 Å². The highest BCUT2D eigenvalue weighted by molar-refractivity contribution is 5.82. The lowest BCUT2D eigenvalue weighted by molar-refractivity contribution is -0.121. The fraction of sp³-hybridized carbons (Fsp3) is 0.389. The van der Waals surface area contributed by atoms with Crippen molar-refractivity contribution in [2.75, 3.05) is 6.54 Å². The zero-order chi connectivity index (χ0) is 17.1. The van der Waals surface area contributed by atoms with E-state index in [1.165, 1.54) is 5.56 Å². The summed E-state index contributed by atoms with van der Waals surface area (Å²) in [5.41, 5.74) is 4.39. The minimum Gasteiger partial charge on any atom is -0.354 e. The number of aromatic nitrogens is 4. The van der Waals surface area contributed by atoms with E-state index < -0.39 is 0 Å². The van der Waals surface area contributed by atoms with Crippen molar-refractivity contribution in [1.29, 1.82) is 0 Å². The molecule has 6 heteroatoms. The summed E-state index contributed by atoms with van der Waals surface area (Å²) in [5.74, 6) is 0.0350. The number of nitrogens with zero attached hydrogens (tertiary/aromatic N) is 4. The SMILES string of the molecule is Cc1cc(C)n(CCNC(=O)CCn2ncc3c(C)cccc32)n1. The van der Waals surface area contributed by atoms with Crippen molar-refractivity contribution in [3.05, 3.63) is 47.4 Å². The second-order valence-corrected chi connectivity index (χ2v) is 6.13. The topological polar surface area (TPSA) is 64.7 Å². The lowest BCUT2D eigenvalue weighted by Crippen LogP contribution is -2.28. The van der Waals surface area contributed by atoms with Crippen molar-refractivity contribution in [2.45, 2.75) is 40.3 Å². The maximum atomic E-state index is 12.0. The van der Waals surface area contributed by atoms with E-state index in [2.05, 4.69) is 28.5 Å². The van der Waals surface area contributed by atoms with Crippen LogP contribution < -0.4 is 5.32 Å². The Morgan fingerprint density at radius 3 is 2.75 bits per heavy atom. The number of hydrogen-bond donors (Lipinski definition) is 1. The zero-order valence-corrected chi connectivity index (χ0v) is 14.4. The molecule has 0 aliphatic heterocycles. The number of carbonyl (C=O) groups is 1. The summed E-state index contributed by atoms with van der Waals surface area (Å²) in [5, 5.41) is 12.9. The molecule has 1 aromatic carbocycles. The molecule has 0 fully saturated rings. The van der Waals surface area contributed by atoms with Crippen molar-refractivity contribution < 1.29 is 4.79 Å². The number of aryl methyl sites for hydroxylation is 4. The fourth-order valence-electron chi connectivity index (χ4n) is 2.92. The molecule has 0 spiro atoms. The van der Waals surface area contributed by atoms with E-state index >= 15 is 0 Å². The third kappa shape index (κ3) is 3.48. The molecule has 0 saturated heterocycles. The Hall–Kier alpha value is -2.63. The van der Waals surface area contributed by atoms with Crippen LogP contribution in [0.1, 0.15) is 23.4 Å². The molecule has 0 bridgehead atoms. The van der Waals surface area contributed by atoms with Crippen molar-refractivity contribution in [3.8, 4) is 0 Å². The monoisotopic (exact) mass is 325 g/mol. The number of carbonyl (C=O) groups excluding carboxylic acids is 1. The maximum Gasteiger partial charge on any atom is 0.221 e. The first-order chi connectivity index (χ1) is 11.5. The lowest BCUT2D eigenvalue weighted by Gasteiger charge is -2.08. The largest absolute Gasteiger partial charge is 0.354 e. The molecule has 1 N–H and O–H groups in total. The number of amides is 1. The molecule has 0 aliphatic rings. The summed E-state index contributed by atoms with van der Waals surface area (Å²) in [6, 6.07) is 8.16. The third-order valence-electron chi connectivity index (χ3n) is 4.21. The third-order valence-corrected chi connectivity index (χ3v) is 4.21. The quantitative estimate of drug-likeness (QED) is 0.757. The molecule has 0 unspecified atom stereocenters. The molecule has 2 heterocycles. The Bertz CT molecular complexity index is 862. The van der Waals surface area contributed by atoms with E-state index in [4.69, 9.17) is 0 Å². The molecule has 24 heavy (non-hydrogen) atoms. The molecule has 0 saturated carbocycles. The maximum absolute atomic E-state index is 12.0. The fourth-order valence-corrected chi connectivity index (χ4v) is 2.92. The van der Waals surface area contributed by atoms with Gasteiger partial charge in [-0.15, -0.1) is 0 Å².